The summed E-state index contributed by atoms with van der Waals surface area (Å²) in [7, 11) is 4.05. The topological polar surface area (TPSA) is 110 Å². The molecular formula is C12H21N9. The fourth-order valence-electron chi connectivity index (χ4n) is 1.45. The zero-order chi connectivity index (χ0) is 15.5. The molecule has 4 N–H and O–H groups in total. The molecule has 2 heterocycles. The smallest absolute Gasteiger partial charge is 0.257 e. The highest BCUT2D eigenvalue weighted by atomic mass is 15.4. The third-order valence-electron chi connectivity index (χ3n) is 3.35. The van der Waals surface area contributed by atoms with E-state index < -0.39 is 0 Å². The minimum absolute atomic E-state index is 0.0468. The van der Waals surface area contributed by atoms with Crippen LogP contribution in [-0.4, -0.2) is 55.8 Å². The van der Waals surface area contributed by atoms with E-state index in [1.165, 1.54) is 0 Å². The minimum atomic E-state index is -0.0468. The van der Waals surface area contributed by atoms with Crippen LogP contribution in [0.15, 0.2) is 18.5 Å². The lowest BCUT2D eigenvalue weighted by molar-refractivity contribution is 0.209. The SMILES string of the molecule is CN(C)C(C)(C)CNc1nc(NN)nc(-n2cccn2)n1. The van der Waals surface area contributed by atoms with Gasteiger partial charge in [-0.05, 0) is 34.0 Å². The van der Waals surface area contributed by atoms with Crippen molar-refractivity contribution in [3.63, 3.8) is 0 Å². The number of aromatic nitrogens is 5. The third kappa shape index (κ3) is 3.64. The molecule has 114 valence electrons. The summed E-state index contributed by atoms with van der Waals surface area (Å²) in [6, 6.07) is 1.79. The van der Waals surface area contributed by atoms with Crippen LogP contribution in [0.25, 0.3) is 5.95 Å². The monoisotopic (exact) mass is 291 g/mol. The van der Waals surface area contributed by atoms with Gasteiger partial charge >= 0.3 is 0 Å². The first-order valence-corrected chi connectivity index (χ1v) is 6.56. The Morgan fingerprint density at radius 2 is 1.95 bits per heavy atom. The summed E-state index contributed by atoms with van der Waals surface area (Å²) in [5.74, 6) is 6.52. The Bertz CT molecular complexity index is 576. The molecule has 0 aliphatic rings. The van der Waals surface area contributed by atoms with Gasteiger partial charge in [0.1, 0.15) is 0 Å². The van der Waals surface area contributed by atoms with E-state index in [1.54, 1.807) is 23.1 Å². The lowest BCUT2D eigenvalue weighted by Gasteiger charge is -2.32. The van der Waals surface area contributed by atoms with Crippen LogP contribution in [0.4, 0.5) is 11.9 Å². The molecule has 0 saturated heterocycles. The van der Waals surface area contributed by atoms with Gasteiger partial charge in [0.2, 0.25) is 11.9 Å². The Hall–Kier alpha value is -2.26. The van der Waals surface area contributed by atoms with Crippen LogP contribution in [0, 0.1) is 0 Å². The van der Waals surface area contributed by atoms with Crippen LogP contribution >= 0.6 is 0 Å². The number of nitrogen functional groups attached to an aromatic ring is 1. The number of nitrogens with one attached hydrogen (secondary N) is 2. The summed E-state index contributed by atoms with van der Waals surface area (Å²) in [5, 5.41) is 7.30. The third-order valence-corrected chi connectivity index (χ3v) is 3.35. The first-order chi connectivity index (χ1) is 9.92. The quantitative estimate of drug-likeness (QED) is 0.507. The molecule has 0 unspecified atom stereocenters. The molecule has 2 aromatic rings. The van der Waals surface area contributed by atoms with Gasteiger partial charge in [0.25, 0.3) is 5.95 Å². The lowest BCUT2D eigenvalue weighted by Crippen LogP contribution is -2.44. The van der Waals surface area contributed by atoms with Crippen molar-refractivity contribution in [2.75, 3.05) is 31.4 Å². The number of hydrogen-bond donors (Lipinski definition) is 3. The van der Waals surface area contributed by atoms with Crippen molar-refractivity contribution in [2.45, 2.75) is 19.4 Å². The Kier molecular flexibility index (Phi) is 4.34. The molecule has 9 heteroatoms. The highest BCUT2D eigenvalue weighted by molar-refractivity contribution is 5.37. The molecule has 2 aromatic heterocycles. The Morgan fingerprint density at radius 3 is 2.52 bits per heavy atom. The molecule has 21 heavy (non-hydrogen) atoms. The average molecular weight is 291 g/mol. The highest BCUT2D eigenvalue weighted by Crippen LogP contribution is 2.12. The molecule has 0 spiro atoms. The Balaban J connectivity index is 2.22. The molecule has 0 aromatic carbocycles. The molecule has 0 amide bonds. The fraction of sp³-hybridized carbons (Fsp3) is 0.500. The number of nitrogens with zero attached hydrogens (tertiary/aromatic N) is 6. The first kappa shape index (κ1) is 15.1. The molecule has 0 aliphatic carbocycles. The van der Waals surface area contributed by atoms with E-state index in [0.29, 0.717) is 18.4 Å². The van der Waals surface area contributed by atoms with Gasteiger partial charge < -0.3 is 10.2 Å². The number of anilines is 2. The molecule has 0 fully saturated rings. The van der Waals surface area contributed by atoms with E-state index in [-0.39, 0.29) is 11.5 Å². The van der Waals surface area contributed by atoms with Gasteiger partial charge in [0, 0.05) is 24.5 Å². The second kappa shape index (κ2) is 6.02. The number of rotatable bonds is 6. The van der Waals surface area contributed by atoms with Crippen molar-refractivity contribution < 1.29 is 0 Å². The van der Waals surface area contributed by atoms with Crippen LogP contribution in [0.1, 0.15) is 13.8 Å². The number of nitrogens with two attached hydrogens (primary N) is 1. The van der Waals surface area contributed by atoms with Crippen LogP contribution in [-0.2, 0) is 0 Å². The van der Waals surface area contributed by atoms with E-state index in [0.717, 1.165) is 0 Å². The van der Waals surface area contributed by atoms with Crippen molar-refractivity contribution in [1.29, 1.82) is 0 Å². The average Bonchev–Trinajstić information content (AvgIpc) is 2.99. The van der Waals surface area contributed by atoms with Gasteiger partial charge in [0.05, 0.1) is 0 Å². The van der Waals surface area contributed by atoms with Crippen LogP contribution in [0.3, 0.4) is 0 Å². The largest absolute Gasteiger partial charge is 0.352 e. The number of likely N-dealkylation sites (N-methyl/N-ethyl adjacent to an activating group) is 1. The van der Waals surface area contributed by atoms with Crippen LogP contribution < -0.4 is 16.6 Å². The van der Waals surface area contributed by atoms with Gasteiger partial charge in [-0.2, -0.15) is 20.1 Å². The van der Waals surface area contributed by atoms with Gasteiger partial charge in [-0.15, -0.1) is 0 Å². The first-order valence-electron chi connectivity index (χ1n) is 6.56. The second-order valence-corrected chi connectivity index (χ2v) is 5.44. The zero-order valence-electron chi connectivity index (χ0n) is 12.7. The molecule has 0 aliphatic heterocycles. The van der Waals surface area contributed by atoms with Crippen LogP contribution in [0.5, 0.6) is 0 Å². The van der Waals surface area contributed by atoms with E-state index in [2.05, 4.69) is 49.5 Å². The highest BCUT2D eigenvalue weighted by Gasteiger charge is 2.20. The lowest BCUT2D eigenvalue weighted by atomic mass is 10.1. The Labute approximate surface area is 123 Å². The van der Waals surface area contributed by atoms with E-state index in [9.17, 15) is 0 Å². The summed E-state index contributed by atoms with van der Waals surface area (Å²) in [6.07, 6.45) is 3.41. The molecule has 9 nitrogen and oxygen atoms in total. The fourth-order valence-corrected chi connectivity index (χ4v) is 1.45. The van der Waals surface area contributed by atoms with E-state index in [1.807, 2.05) is 14.1 Å². The second-order valence-electron chi connectivity index (χ2n) is 5.44. The maximum absolute atomic E-state index is 5.40. The van der Waals surface area contributed by atoms with Crippen LogP contribution in [0.2, 0.25) is 0 Å². The zero-order valence-corrected chi connectivity index (χ0v) is 12.7. The summed E-state index contributed by atoms with van der Waals surface area (Å²) in [5.41, 5.74) is 2.39. The molecular weight excluding hydrogens is 270 g/mol. The van der Waals surface area contributed by atoms with Crippen molar-refractivity contribution in [1.82, 2.24) is 29.6 Å². The van der Waals surface area contributed by atoms with Crippen molar-refractivity contribution in [3.8, 4) is 5.95 Å². The molecule has 0 bridgehead atoms. The maximum atomic E-state index is 5.40. The van der Waals surface area contributed by atoms with Crippen molar-refractivity contribution in [2.24, 2.45) is 5.84 Å². The van der Waals surface area contributed by atoms with Crippen molar-refractivity contribution >= 4 is 11.9 Å². The van der Waals surface area contributed by atoms with E-state index >= 15 is 0 Å². The molecule has 0 saturated carbocycles. The predicted octanol–water partition coefficient (Wildman–Crippen LogP) is 0.0950. The van der Waals surface area contributed by atoms with Gasteiger partial charge in [-0.3, -0.25) is 5.43 Å². The molecule has 2 rings (SSSR count). The minimum Gasteiger partial charge on any atom is -0.352 e. The van der Waals surface area contributed by atoms with Gasteiger partial charge in [-0.1, -0.05) is 0 Å². The summed E-state index contributed by atoms with van der Waals surface area (Å²) in [4.78, 5) is 14.8. The Morgan fingerprint density at radius 1 is 1.24 bits per heavy atom. The normalized spacial score (nSPS) is 11.7. The standard InChI is InChI=1S/C12H21N9/c1-12(2,20(3)4)8-14-9-16-10(19-13)18-11(17-9)21-7-5-6-15-21/h5-7H,8,13H2,1-4H3,(H2,14,16,17,18,19). The summed E-state index contributed by atoms with van der Waals surface area (Å²) >= 11 is 0. The molecule has 0 radical (unpaired) electrons. The molecule has 0 atom stereocenters. The number of hydrogen-bond acceptors (Lipinski definition) is 8. The van der Waals surface area contributed by atoms with Crippen molar-refractivity contribution in [3.05, 3.63) is 18.5 Å². The number of hydrazine groups is 1. The van der Waals surface area contributed by atoms with Gasteiger partial charge in [0.15, 0.2) is 0 Å². The predicted molar refractivity (Wildman–Crippen MR) is 81.0 cm³/mol. The maximum Gasteiger partial charge on any atom is 0.257 e. The summed E-state index contributed by atoms with van der Waals surface area (Å²) < 4.78 is 1.55. The summed E-state index contributed by atoms with van der Waals surface area (Å²) in [6.45, 7) is 4.92. The van der Waals surface area contributed by atoms with Gasteiger partial charge in [-0.25, -0.2) is 10.5 Å². The van der Waals surface area contributed by atoms with E-state index in [4.69, 9.17) is 5.84 Å².